The van der Waals surface area contributed by atoms with Gasteiger partial charge in [-0.25, -0.2) is 0 Å². The first-order valence-corrected chi connectivity index (χ1v) is 7.90. The van der Waals surface area contributed by atoms with Crippen LogP contribution in [0, 0.1) is 0 Å². The molecule has 2 heterocycles. The highest BCUT2D eigenvalue weighted by Crippen LogP contribution is 2.30. The SMILES string of the molecule is CCCc1sc(C(=O)N2CCCCC2)cc1Br. The van der Waals surface area contributed by atoms with Crippen LogP contribution in [0.5, 0.6) is 0 Å². The van der Waals surface area contributed by atoms with Crippen LogP contribution in [0.1, 0.15) is 47.2 Å². The average Bonchev–Trinajstić information content (AvgIpc) is 2.72. The molecule has 1 fully saturated rings. The molecule has 1 saturated heterocycles. The number of likely N-dealkylation sites (tertiary alicyclic amines) is 1. The van der Waals surface area contributed by atoms with E-state index in [1.807, 2.05) is 11.0 Å². The first kappa shape index (κ1) is 13.1. The summed E-state index contributed by atoms with van der Waals surface area (Å²) >= 11 is 5.20. The van der Waals surface area contributed by atoms with Crippen molar-refractivity contribution in [1.29, 1.82) is 0 Å². The van der Waals surface area contributed by atoms with Crippen LogP contribution in [0.4, 0.5) is 0 Å². The zero-order valence-electron chi connectivity index (χ0n) is 10.2. The lowest BCUT2D eigenvalue weighted by Gasteiger charge is -2.26. The molecule has 94 valence electrons. The van der Waals surface area contributed by atoms with Gasteiger partial charge in [-0.3, -0.25) is 4.79 Å². The highest BCUT2D eigenvalue weighted by Gasteiger charge is 2.20. The molecule has 4 heteroatoms. The van der Waals surface area contributed by atoms with Crippen molar-refractivity contribution in [3.8, 4) is 0 Å². The van der Waals surface area contributed by atoms with Gasteiger partial charge in [0.1, 0.15) is 0 Å². The van der Waals surface area contributed by atoms with Crippen LogP contribution in [0.3, 0.4) is 0 Å². The molecule has 0 saturated carbocycles. The number of thiophene rings is 1. The predicted octanol–water partition coefficient (Wildman–Crippen LogP) is 4.09. The quantitative estimate of drug-likeness (QED) is 0.822. The number of nitrogens with zero attached hydrogens (tertiary/aromatic N) is 1. The minimum Gasteiger partial charge on any atom is -0.338 e. The van der Waals surface area contributed by atoms with Gasteiger partial charge < -0.3 is 4.90 Å². The van der Waals surface area contributed by atoms with E-state index in [9.17, 15) is 4.79 Å². The summed E-state index contributed by atoms with van der Waals surface area (Å²) in [5, 5.41) is 0. The Labute approximate surface area is 115 Å². The third-order valence-electron chi connectivity index (χ3n) is 3.09. The Kier molecular flexibility index (Phi) is 4.62. The monoisotopic (exact) mass is 315 g/mol. The zero-order valence-corrected chi connectivity index (χ0v) is 12.6. The van der Waals surface area contributed by atoms with E-state index in [0.29, 0.717) is 0 Å². The summed E-state index contributed by atoms with van der Waals surface area (Å²) in [6, 6.07) is 1.99. The molecular weight excluding hydrogens is 298 g/mol. The highest BCUT2D eigenvalue weighted by atomic mass is 79.9. The maximum absolute atomic E-state index is 12.3. The van der Waals surface area contributed by atoms with E-state index in [0.717, 1.165) is 48.1 Å². The van der Waals surface area contributed by atoms with E-state index >= 15 is 0 Å². The van der Waals surface area contributed by atoms with Crippen molar-refractivity contribution in [2.45, 2.75) is 39.0 Å². The van der Waals surface area contributed by atoms with Crippen LogP contribution in [-0.2, 0) is 6.42 Å². The van der Waals surface area contributed by atoms with E-state index in [1.54, 1.807) is 11.3 Å². The molecule has 0 bridgehead atoms. The van der Waals surface area contributed by atoms with Crippen LogP contribution in [0.15, 0.2) is 10.5 Å². The molecule has 0 atom stereocenters. The van der Waals surface area contributed by atoms with Crippen molar-refractivity contribution in [2.24, 2.45) is 0 Å². The molecule has 1 amide bonds. The third kappa shape index (κ3) is 3.10. The Balaban J connectivity index is 2.10. The summed E-state index contributed by atoms with van der Waals surface area (Å²) in [5.74, 6) is 0.220. The minimum atomic E-state index is 0.220. The van der Waals surface area contributed by atoms with Gasteiger partial charge in [0.15, 0.2) is 0 Å². The lowest BCUT2D eigenvalue weighted by Crippen LogP contribution is -2.35. The highest BCUT2D eigenvalue weighted by molar-refractivity contribution is 9.10. The second-order valence-electron chi connectivity index (χ2n) is 4.48. The molecule has 1 aliphatic heterocycles. The van der Waals surface area contributed by atoms with Crippen molar-refractivity contribution in [1.82, 2.24) is 4.90 Å². The summed E-state index contributed by atoms with van der Waals surface area (Å²) in [7, 11) is 0. The number of piperidine rings is 1. The van der Waals surface area contributed by atoms with Crippen LogP contribution in [0.2, 0.25) is 0 Å². The normalized spacial score (nSPS) is 16.2. The molecule has 1 aliphatic rings. The summed E-state index contributed by atoms with van der Waals surface area (Å²) in [4.78, 5) is 16.5. The van der Waals surface area contributed by atoms with Crippen LogP contribution in [0.25, 0.3) is 0 Å². The summed E-state index contributed by atoms with van der Waals surface area (Å²) in [5.41, 5.74) is 0. The largest absolute Gasteiger partial charge is 0.338 e. The smallest absolute Gasteiger partial charge is 0.263 e. The molecule has 0 unspecified atom stereocenters. The number of hydrogen-bond donors (Lipinski definition) is 0. The standard InChI is InChI=1S/C13H18BrNOS/c1-2-6-11-10(14)9-12(17-11)13(16)15-7-4-3-5-8-15/h9H,2-8H2,1H3. The van der Waals surface area contributed by atoms with Gasteiger partial charge in [-0.15, -0.1) is 11.3 Å². The maximum Gasteiger partial charge on any atom is 0.263 e. The van der Waals surface area contributed by atoms with Crippen molar-refractivity contribution in [3.05, 3.63) is 20.3 Å². The molecule has 0 N–H and O–H groups in total. The Morgan fingerprint density at radius 1 is 1.41 bits per heavy atom. The number of hydrogen-bond acceptors (Lipinski definition) is 2. The molecule has 0 radical (unpaired) electrons. The molecule has 0 spiro atoms. The molecule has 0 aliphatic carbocycles. The van der Waals surface area contributed by atoms with E-state index in [1.165, 1.54) is 11.3 Å². The second-order valence-corrected chi connectivity index (χ2v) is 6.48. The fraction of sp³-hybridized carbons (Fsp3) is 0.615. The molecular formula is C13H18BrNOS. The van der Waals surface area contributed by atoms with E-state index < -0.39 is 0 Å². The second kappa shape index (κ2) is 6.01. The molecule has 1 aromatic heterocycles. The van der Waals surface area contributed by atoms with Gasteiger partial charge in [-0.05, 0) is 47.7 Å². The molecule has 17 heavy (non-hydrogen) atoms. The average molecular weight is 316 g/mol. The van der Waals surface area contributed by atoms with Gasteiger partial charge in [0, 0.05) is 22.4 Å². The first-order valence-electron chi connectivity index (χ1n) is 6.30. The van der Waals surface area contributed by atoms with Gasteiger partial charge in [0.2, 0.25) is 0 Å². The molecule has 1 aromatic rings. The summed E-state index contributed by atoms with van der Waals surface area (Å²) in [6.45, 7) is 4.02. The van der Waals surface area contributed by atoms with E-state index in [4.69, 9.17) is 0 Å². The fourth-order valence-corrected chi connectivity index (χ4v) is 4.11. The van der Waals surface area contributed by atoms with E-state index in [-0.39, 0.29) is 5.91 Å². The number of amides is 1. The molecule has 2 nitrogen and oxygen atoms in total. The Morgan fingerprint density at radius 2 is 2.12 bits per heavy atom. The fourth-order valence-electron chi connectivity index (χ4n) is 2.16. The van der Waals surface area contributed by atoms with Crippen LogP contribution >= 0.6 is 27.3 Å². The van der Waals surface area contributed by atoms with Crippen molar-refractivity contribution >= 4 is 33.2 Å². The molecule has 0 aromatic carbocycles. The zero-order chi connectivity index (χ0) is 12.3. The minimum absolute atomic E-state index is 0.220. The van der Waals surface area contributed by atoms with Gasteiger partial charge in [0.25, 0.3) is 5.91 Å². The van der Waals surface area contributed by atoms with Crippen molar-refractivity contribution < 1.29 is 4.79 Å². The summed E-state index contributed by atoms with van der Waals surface area (Å²) in [6.07, 6.45) is 5.74. The number of aryl methyl sites for hydroxylation is 1. The number of carbonyl (C=O) groups is 1. The van der Waals surface area contributed by atoms with Crippen molar-refractivity contribution in [3.63, 3.8) is 0 Å². The number of rotatable bonds is 3. The summed E-state index contributed by atoms with van der Waals surface area (Å²) < 4.78 is 1.10. The Bertz CT molecular complexity index is 396. The predicted molar refractivity (Wildman–Crippen MR) is 75.8 cm³/mol. The van der Waals surface area contributed by atoms with Crippen molar-refractivity contribution in [2.75, 3.05) is 13.1 Å². The van der Waals surface area contributed by atoms with Crippen LogP contribution in [-0.4, -0.2) is 23.9 Å². The third-order valence-corrected chi connectivity index (χ3v) is 5.24. The lowest BCUT2D eigenvalue weighted by molar-refractivity contribution is 0.0729. The van der Waals surface area contributed by atoms with Gasteiger partial charge in [-0.1, -0.05) is 13.3 Å². The van der Waals surface area contributed by atoms with Gasteiger partial charge >= 0.3 is 0 Å². The maximum atomic E-state index is 12.3. The van der Waals surface area contributed by atoms with E-state index in [2.05, 4.69) is 22.9 Å². The first-order chi connectivity index (χ1) is 8.22. The van der Waals surface area contributed by atoms with Gasteiger partial charge in [-0.2, -0.15) is 0 Å². The number of carbonyl (C=O) groups excluding carboxylic acids is 1. The topological polar surface area (TPSA) is 20.3 Å². The Hall–Kier alpha value is -0.350. The van der Waals surface area contributed by atoms with Gasteiger partial charge in [0.05, 0.1) is 4.88 Å². The molecule has 2 rings (SSSR count). The number of halogens is 1. The van der Waals surface area contributed by atoms with Crippen LogP contribution < -0.4 is 0 Å². The Morgan fingerprint density at radius 3 is 2.76 bits per heavy atom. The lowest BCUT2D eigenvalue weighted by atomic mass is 10.1.